The number of rotatable bonds is 6. The largest absolute Gasteiger partial charge is 0.486 e. The molecule has 124 valence electrons. The maximum absolute atomic E-state index is 5.67. The summed E-state index contributed by atoms with van der Waals surface area (Å²) in [6.07, 6.45) is 5.44. The maximum atomic E-state index is 5.67. The molecule has 0 radical (unpaired) electrons. The quantitative estimate of drug-likeness (QED) is 0.545. The van der Waals surface area contributed by atoms with Crippen LogP contribution in [0.2, 0.25) is 0 Å². The Labute approximate surface area is 145 Å². The first kappa shape index (κ1) is 15.1. The Hall–Kier alpha value is -3.41. The van der Waals surface area contributed by atoms with Gasteiger partial charge in [-0.25, -0.2) is 14.6 Å². The Balaban J connectivity index is 1.45. The van der Waals surface area contributed by atoms with Gasteiger partial charge in [0, 0.05) is 18.1 Å². The lowest BCUT2D eigenvalue weighted by molar-refractivity contribution is 0.295. The van der Waals surface area contributed by atoms with Crippen molar-refractivity contribution >= 4 is 0 Å². The van der Waals surface area contributed by atoms with Gasteiger partial charge in [0.1, 0.15) is 31.1 Å². The van der Waals surface area contributed by atoms with Gasteiger partial charge in [0.2, 0.25) is 0 Å². The van der Waals surface area contributed by atoms with E-state index in [1.807, 2.05) is 71.4 Å². The van der Waals surface area contributed by atoms with Crippen LogP contribution in [0.15, 0.2) is 79.4 Å². The first-order valence-corrected chi connectivity index (χ1v) is 8.02. The molecule has 4 aromatic rings. The second kappa shape index (κ2) is 7.00. The minimum Gasteiger partial charge on any atom is -0.486 e. The smallest absolute Gasteiger partial charge is 0.188 e. The van der Waals surface area contributed by atoms with Crippen molar-refractivity contribution in [3.05, 3.63) is 91.0 Å². The van der Waals surface area contributed by atoms with E-state index in [0.29, 0.717) is 19.0 Å². The fourth-order valence-corrected chi connectivity index (χ4v) is 2.56. The fraction of sp³-hybridized carbons (Fsp3) is 0.105. The van der Waals surface area contributed by atoms with Crippen molar-refractivity contribution in [1.29, 1.82) is 0 Å². The molecule has 0 N–H and O–H groups in total. The summed E-state index contributed by atoms with van der Waals surface area (Å²) in [4.78, 5) is 8.74. The standard InChI is InChI=1S/C19H17N5O/c1-3-7-16(8-4-1)24-12-11-20-19(24)13-23-15-21-18(22-23)14-25-17-9-5-2-6-10-17/h1-12,15H,13-14H2. The summed E-state index contributed by atoms with van der Waals surface area (Å²) in [5.41, 5.74) is 1.07. The molecule has 0 fully saturated rings. The second-order valence-corrected chi connectivity index (χ2v) is 5.51. The van der Waals surface area contributed by atoms with Crippen molar-refractivity contribution < 1.29 is 4.74 Å². The van der Waals surface area contributed by atoms with Crippen LogP contribution in [0.5, 0.6) is 5.75 Å². The third-order valence-corrected chi connectivity index (χ3v) is 3.75. The summed E-state index contributed by atoms with van der Waals surface area (Å²) >= 11 is 0. The average Bonchev–Trinajstić information content (AvgIpc) is 3.31. The van der Waals surface area contributed by atoms with E-state index in [9.17, 15) is 0 Å². The predicted octanol–water partition coefficient (Wildman–Crippen LogP) is 3.09. The molecule has 0 saturated carbocycles. The van der Waals surface area contributed by atoms with Gasteiger partial charge in [0.25, 0.3) is 0 Å². The van der Waals surface area contributed by atoms with Crippen LogP contribution in [0.1, 0.15) is 11.6 Å². The number of aromatic nitrogens is 5. The van der Waals surface area contributed by atoms with Crippen molar-refractivity contribution in [2.24, 2.45) is 0 Å². The van der Waals surface area contributed by atoms with E-state index < -0.39 is 0 Å². The average molecular weight is 331 g/mol. The minimum absolute atomic E-state index is 0.337. The number of nitrogens with zero attached hydrogens (tertiary/aromatic N) is 5. The Morgan fingerprint density at radius 1 is 0.880 bits per heavy atom. The van der Waals surface area contributed by atoms with Crippen molar-refractivity contribution in [1.82, 2.24) is 24.3 Å². The highest BCUT2D eigenvalue weighted by Gasteiger charge is 2.08. The third-order valence-electron chi connectivity index (χ3n) is 3.75. The molecular formula is C19H17N5O. The molecule has 0 atom stereocenters. The molecule has 0 spiro atoms. The van der Waals surface area contributed by atoms with Crippen molar-refractivity contribution in [2.45, 2.75) is 13.2 Å². The molecule has 0 bridgehead atoms. The fourth-order valence-electron chi connectivity index (χ4n) is 2.56. The van der Waals surface area contributed by atoms with E-state index in [0.717, 1.165) is 17.3 Å². The van der Waals surface area contributed by atoms with Gasteiger partial charge in [0.05, 0.1) is 0 Å². The lowest BCUT2D eigenvalue weighted by atomic mass is 10.3. The maximum Gasteiger partial charge on any atom is 0.188 e. The molecule has 0 aliphatic carbocycles. The molecule has 2 heterocycles. The van der Waals surface area contributed by atoms with Crippen LogP contribution in [0.3, 0.4) is 0 Å². The number of hydrogen-bond acceptors (Lipinski definition) is 4. The van der Waals surface area contributed by atoms with E-state index in [4.69, 9.17) is 4.74 Å². The molecule has 0 amide bonds. The van der Waals surface area contributed by atoms with Gasteiger partial charge >= 0.3 is 0 Å². The van der Waals surface area contributed by atoms with Gasteiger partial charge < -0.3 is 9.30 Å². The first-order chi connectivity index (χ1) is 12.4. The van der Waals surface area contributed by atoms with Gasteiger partial charge in [-0.3, -0.25) is 0 Å². The van der Waals surface area contributed by atoms with Crippen LogP contribution in [0.25, 0.3) is 5.69 Å². The zero-order valence-corrected chi connectivity index (χ0v) is 13.6. The van der Waals surface area contributed by atoms with Crippen LogP contribution in [-0.2, 0) is 13.2 Å². The summed E-state index contributed by atoms with van der Waals surface area (Å²) in [6.45, 7) is 0.879. The van der Waals surface area contributed by atoms with Crippen LogP contribution < -0.4 is 4.74 Å². The van der Waals surface area contributed by atoms with Crippen LogP contribution >= 0.6 is 0 Å². The number of ether oxygens (including phenoxy) is 1. The Morgan fingerprint density at radius 3 is 2.44 bits per heavy atom. The molecule has 6 nitrogen and oxygen atoms in total. The minimum atomic E-state index is 0.337. The highest BCUT2D eigenvalue weighted by molar-refractivity contribution is 5.32. The number of para-hydroxylation sites is 2. The SMILES string of the molecule is c1ccc(OCc2ncn(Cc3nccn3-c3ccccc3)n2)cc1. The Bertz CT molecular complexity index is 931. The highest BCUT2D eigenvalue weighted by atomic mass is 16.5. The number of imidazole rings is 1. The van der Waals surface area contributed by atoms with Crippen LogP contribution in [0, 0.1) is 0 Å². The number of hydrogen-bond donors (Lipinski definition) is 0. The molecule has 2 aromatic heterocycles. The zero-order valence-electron chi connectivity index (χ0n) is 13.6. The monoisotopic (exact) mass is 331 g/mol. The summed E-state index contributed by atoms with van der Waals surface area (Å²) in [5, 5.41) is 4.46. The van der Waals surface area contributed by atoms with Gasteiger partial charge in [-0.15, -0.1) is 0 Å². The summed E-state index contributed by atoms with van der Waals surface area (Å²) in [7, 11) is 0. The topological polar surface area (TPSA) is 57.8 Å². The third kappa shape index (κ3) is 3.58. The second-order valence-electron chi connectivity index (χ2n) is 5.51. The van der Waals surface area contributed by atoms with Crippen LogP contribution in [0.4, 0.5) is 0 Å². The van der Waals surface area contributed by atoms with E-state index >= 15 is 0 Å². The van der Waals surface area contributed by atoms with Crippen molar-refractivity contribution in [2.75, 3.05) is 0 Å². The zero-order chi connectivity index (χ0) is 16.9. The lowest BCUT2D eigenvalue weighted by Gasteiger charge is -2.07. The molecule has 25 heavy (non-hydrogen) atoms. The normalized spacial score (nSPS) is 10.7. The molecule has 0 aliphatic heterocycles. The van der Waals surface area contributed by atoms with Crippen LogP contribution in [-0.4, -0.2) is 24.3 Å². The van der Waals surface area contributed by atoms with Crippen molar-refractivity contribution in [3.63, 3.8) is 0 Å². The number of benzene rings is 2. The van der Waals surface area contributed by atoms with Gasteiger partial charge in [-0.1, -0.05) is 36.4 Å². The molecule has 0 aliphatic rings. The Kier molecular flexibility index (Phi) is 4.24. The van der Waals surface area contributed by atoms with Crippen molar-refractivity contribution in [3.8, 4) is 11.4 Å². The molecule has 0 saturated heterocycles. The molecule has 4 rings (SSSR count). The lowest BCUT2D eigenvalue weighted by Crippen LogP contribution is -2.08. The summed E-state index contributed by atoms with van der Waals surface area (Å²) in [6, 6.07) is 19.8. The van der Waals surface area contributed by atoms with Gasteiger partial charge in [-0.05, 0) is 24.3 Å². The first-order valence-electron chi connectivity index (χ1n) is 8.02. The summed E-state index contributed by atoms with van der Waals surface area (Å²) < 4.78 is 9.49. The summed E-state index contributed by atoms with van der Waals surface area (Å²) in [5.74, 6) is 2.34. The molecule has 6 heteroatoms. The highest BCUT2D eigenvalue weighted by Crippen LogP contribution is 2.12. The molecule has 2 aromatic carbocycles. The predicted molar refractivity (Wildman–Crippen MR) is 93.5 cm³/mol. The Morgan fingerprint density at radius 2 is 1.64 bits per heavy atom. The van der Waals surface area contributed by atoms with Gasteiger partial charge in [-0.2, -0.15) is 5.10 Å². The van der Waals surface area contributed by atoms with E-state index in [-0.39, 0.29) is 0 Å². The van der Waals surface area contributed by atoms with E-state index in [2.05, 4.69) is 15.1 Å². The van der Waals surface area contributed by atoms with E-state index in [1.54, 1.807) is 17.2 Å². The van der Waals surface area contributed by atoms with Gasteiger partial charge in [0.15, 0.2) is 5.82 Å². The molecular weight excluding hydrogens is 314 g/mol. The van der Waals surface area contributed by atoms with E-state index in [1.165, 1.54) is 0 Å². The molecule has 0 unspecified atom stereocenters.